The Morgan fingerprint density at radius 3 is 2.83 bits per heavy atom. The van der Waals surface area contributed by atoms with Gasteiger partial charge in [-0.05, 0) is 52.2 Å². The first-order valence-electron chi connectivity index (χ1n) is 5.54. The van der Waals surface area contributed by atoms with Crippen molar-refractivity contribution in [2.75, 3.05) is 0 Å². The molecule has 3 aromatic rings. The van der Waals surface area contributed by atoms with Gasteiger partial charge in [0, 0.05) is 18.0 Å². The summed E-state index contributed by atoms with van der Waals surface area (Å²) in [6.07, 6.45) is 3.66. The lowest BCUT2D eigenvalue weighted by Crippen LogP contribution is -1.86. The highest BCUT2D eigenvalue weighted by molar-refractivity contribution is 9.10. The highest BCUT2D eigenvalue weighted by Crippen LogP contribution is 2.27. The maximum atomic E-state index is 13.2. The minimum Gasteiger partial charge on any atom is -0.359 e. The summed E-state index contributed by atoms with van der Waals surface area (Å²) >= 11 is 3.43. The number of halogens is 2. The van der Waals surface area contributed by atoms with Gasteiger partial charge < -0.3 is 4.98 Å². The van der Waals surface area contributed by atoms with E-state index in [1.165, 1.54) is 6.07 Å². The fourth-order valence-corrected chi connectivity index (χ4v) is 2.39. The highest BCUT2D eigenvalue weighted by atomic mass is 79.9. The fourth-order valence-electron chi connectivity index (χ4n) is 1.96. The Hall–Kier alpha value is -1.68. The molecule has 2 aromatic heterocycles. The summed E-state index contributed by atoms with van der Waals surface area (Å²) in [6, 6.07) is 7.10. The molecular formula is C14H10BrFN2. The first kappa shape index (κ1) is 11.4. The van der Waals surface area contributed by atoms with Crippen molar-refractivity contribution in [1.82, 2.24) is 9.97 Å². The SMILES string of the molecule is Cc1cc(-c2cnc3c(Br)c[nH]c3c2)ccc1F. The molecule has 4 heteroatoms. The predicted octanol–water partition coefficient (Wildman–Crippen LogP) is 4.44. The summed E-state index contributed by atoms with van der Waals surface area (Å²) in [5, 5.41) is 0. The molecule has 2 heterocycles. The van der Waals surface area contributed by atoms with Gasteiger partial charge in [-0.1, -0.05) is 6.07 Å². The van der Waals surface area contributed by atoms with E-state index < -0.39 is 0 Å². The van der Waals surface area contributed by atoms with Gasteiger partial charge >= 0.3 is 0 Å². The number of rotatable bonds is 1. The van der Waals surface area contributed by atoms with Crippen molar-refractivity contribution in [3.63, 3.8) is 0 Å². The number of hydrogen-bond acceptors (Lipinski definition) is 1. The molecule has 0 aliphatic carbocycles. The van der Waals surface area contributed by atoms with Crippen molar-refractivity contribution >= 4 is 27.0 Å². The van der Waals surface area contributed by atoms with Crippen LogP contribution in [0.5, 0.6) is 0 Å². The maximum absolute atomic E-state index is 13.2. The van der Waals surface area contributed by atoms with Gasteiger partial charge in [-0.15, -0.1) is 0 Å². The van der Waals surface area contributed by atoms with E-state index in [4.69, 9.17) is 0 Å². The van der Waals surface area contributed by atoms with E-state index in [1.807, 2.05) is 18.3 Å². The number of aryl methyl sites for hydroxylation is 1. The van der Waals surface area contributed by atoms with Crippen molar-refractivity contribution < 1.29 is 4.39 Å². The Morgan fingerprint density at radius 1 is 1.22 bits per heavy atom. The van der Waals surface area contributed by atoms with Crippen LogP contribution >= 0.6 is 15.9 Å². The Kier molecular flexibility index (Phi) is 2.67. The van der Waals surface area contributed by atoms with E-state index in [-0.39, 0.29) is 5.82 Å². The number of fused-ring (bicyclic) bond motifs is 1. The molecule has 0 aliphatic heterocycles. The van der Waals surface area contributed by atoms with Gasteiger partial charge in [0.1, 0.15) is 11.3 Å². The molecule has 0 amide bonds. The summed E-state index contributed by atoms with van der Waals surface area (Å²) in [5.41, 5.74) is 4.44. The summed E-state index contributed by atoms with van der Waals surface area (Å²) in [5.74, 6) is -0.185. The molecule has 0 unspecified atom stereocenters. The van der Waals surface area contributed by atoms with Gasteiger partial charge in [0.15, 0.2) is 0 Å². The molecule has 3 rings (SSSR count). The van der Waals surface area contributed by atoms with Crippen LogP contribution in [-0.4, -0.2) is 9.97 Å². The van der Waals surface area contributed by atoms with Crippen molar-refractivity contribution in [3.8, 4) is 11.1 Å². The van der Waals surface area contributed by atoms with Crippen molar-refractivity contribution in [2.24, 2.45) is 0 Å². The normalized spacial score (nSPS) is 11.1. The average Bonchev–Trinajstić information content (AvgIpc) is 2.74. The Bertz CT molecular complexity index is 734. The second kappa shape index (κ2) is 4.21. The van der Waals surface area contributed by atoms with Gasteiger partial charge in [0.05, 0.1) is 9.99 Å². The molecule has 18 heavy (non-hydrogen) atoms. The van der Waals surface area contributed by atoms with Crippen molar-refractivity contribution in [3.05, 3.63) is 52.5 Å². The molecular weight excluding hydrogens is 295 g/mol. The number of pyridine rings is 1. The molecule has 1 aromatic carbocycles. The molecule has 0 saturated heterocycles. The van der Waals surface area contributed by atoms with Crippen molar-refractivity contribution in [1.29, 1.82) is 0 Å². The van der Waals surface area contributed by atoms with E-state index in [0.29, 0.717) is 5.56 Å². The molecule has 90 valence electrons. The minimum absolute atomic E-state index is 0.185. The van der Waals surface area contributed by atoms with Crippen molar-refractivity contribution in [2.45, 2.75) is 6.92 Å². The number of aromatic nitrogens is 2. The Labute approximate surface area is 112 Å². The third-order valence-corrected chi connectivity index (χ3v) is 3.56. The zero-order valence-corrected chi connectivity index (χ0v) is 11.3. The molecule has 0 spiro atoms. The monoisotopic (exact) mass is 304 g/mol. The second-order valence-electron chi connectivity index (χ2n) is 4.22. The standard InChI is InChI=1S/C14H10BrFN2/c1-8-4-9(2-3-12(8)16)10-5-13-14(18-6-10)11(15)7-17-13/h2-7,17H,1H3. The first-order chi connectivity index (χ1) is 8.65. The van der Waals surface area contributed by atoms with Crippen LogP contribution in [0.3, 0.4) is 0 Å². The lowest BCUT2D eigenvalue weighted by Gasteiger charge is -2.04. The maximum Gasteiger partial charge on any atom is 0.126 e. The highest BCUT2D eigenvalue weighted by Gasteiger charge is 2.06. The minimum atomic E-state index is -0.185. The molecule has 0 radical (unpaired) electrons. The predicted molar refractivity (Wildman–Crippen MR) is 73.9 cm³/mol. The molecule has 0 bridgehead atoms. The van der Waals surface area contributed by atoms with E-state index in [2.05, 4.69) is 25.9 Å². The van der Waals surface area contributed by atoms with Crippen LogP contribution in [0.25, 0.3) is 22.2 Å². The topological polar surface area (TPSA) is 28.7 Å². The number of nitrogens with one attached hydrogen (secondary N) is 1. The van der Waals surface area contributed by atoms with Gasteiger partial charge in [0.2, 0.25) is 0 Å². The number of benzene rings is 1. The quantitative estimate of drug-likeness (QED) is 0.707. The van der Waals surface area contributed by atoms with Crippen LogP contribution in [0.1, 0.15) is 5.56 Å². The zero-order valence-electron chi connectivity index (χ0n) is 9.67. The second-order valence-corrected chi connectivity index (χ2v) is 5.08. The Balaban J connectivity index is 2.16. The first-order valence-corrected chi connectivity index (χ1v) is 6.33. The van der Waals surface area contributed by atoms with Gasteiger partial charge in [-0.2, -0.15) is 0 Å². The largest absolute Gasteiger partial charge is 0.359 e. The summed E-state index contributed by atoms with van der Waals surface area (Å²) in [4.78, 5) is 7.54. The van der Waals surface area contributed by atoms with E-state index >= 15 is 0 Å². The molecule has 1 N–H and O–H groups in total. The third kappa shape index (κ3) is 1.82. The summed E-state index contributed by atoms with van der Waals surface area (Å²) < 4.78 is 14.2. The molecule has 0 fully saturated rings. The van der Waals surface area contributed by atoms with Crippen LogP contribution in [0.15, 0.2) is 41.1 Å². The lowest BCUT2D eigenvalue weighted by atomic mass is 10.0. The molecule has 0 atom stereocenters. The average molecular weight is 305 g/mol. The van der Waals surface area contributed by atoms with Crippen LogP contribution in [0.4, 0.5) is 4.39 Å². The number of hydrogen-bond donors (Lipinski definition) is 1. The van der Waals surface area contributed by atoms with E-state index in [1.54, 1.807) is 19.2 Å². The lowest BCUT2D eigenvalue weighted by molar-refractivity contribution is 0.619. The number of aromatic amines is 1. The number of nitrogens with zero attached hydrogens (tertiary/aromatic N) is 1. The van der Waals surface area contributed by atoms with Gasteiger partial charge in [-0.3, -0.25) is 4.98 Å². The van der Waals surface area contributed by atoms with E-state index in [9.17, 15) is 4.39 Å². The van der Waals surface area contributed by atoms with Crippen LogP contribution < -0.4 is 0 Å². The number of H-pyrrole nitrogens is 1. The van der Waals surface area contributed by atoms with Gasteiger partial charge in [-0.25, -0.2) is 4.39 Å². The zero-order chi connectivity index (χ0) is 12.7. The fraction of sp³-hybridized carbons (Fsp3) is 0.0714. The summed E-state index contributed by atoms with van der Waals surface area (Å²) in [7, 11) is 0. The molecule has 0 saturated carbocycles. The third-order valence-electron chi connectivity index (χ3n) is 2.96. The summed E-state index contributed by atoms with van der Waals surface area (Å²) in [6.45, 7) is 1.76. The van der Waals surface area contributed by atoms with Crippen LogP contribution in [0, 0.1) is 12.7 Å². The Morgan fingerprint density at radius 2 is 2.06 bits per heavy atom. The smallest absolute Gasteiger partial charge is 0.126 e. The van der Waals surface area contributed by atoms with Crippen LogP contribution in [-0.2, 0) is 0 Å². The molecule has 2 nitrogen and oxygen atoms in total. The van der Waals surface area contributed by atoms with Gasteiger partial charge in [0.25, 0.3) is 0 Å². The van der Waals surface area contributed by atoms with Crippen LogP contribution in [0.2, 0.25) is 0 Å². The molecule has 0 aliphatic rings. The van der Waals surface area contributed by atoms with E-state index in [0.717, 1.165) is 26.6 Å².